The quantitative estimate of drug-likeness (QED) is 0.246. The molecule has 2 heterocycles. The average molecular weight is 479 g/mol. The average Bonchev–Trinajstić information content (AvgIpc) is 2.94. The number of hydrogen-bond donors (Lipinski definition) is 2. The van der Waals surface area contributed by atoms with Crippen molar-refractivity contribution in [2.24, 2.45) is 10.9 Å². The maximum absolute atomic E-state index is 5.79. The second-order valence-corrected chi connectivity index (χ2v) is 6.54. The molecule has 1 aromatic rings. The molecule has 0 radical (unpaired) electrons. The van der Waals surface area contributed by atoms with Crippen LogP contribution in [0.15, 0.2) is 15.5 Å². The molecule has 0 aromatic carbocycles. The Morgan fingerprint density at radius 1 is 1.27 bits per heavy atom. The summed E-state index contributed by atoms with van der Waals surface area (Å²) < 4.78 is 16.7. The van der Waals surface area contributed by atoms with Gasteiger partial charge in [0.1, 0.15) is 11.5 Å². The van der Waals surface area contributed by atoms with E-state index in [1.807, 2.05) is 19.9 Å². The fourth-order valence-corrected chi connectivity index (χ4v) is 2.89. The lowest BCUT2D eigenvalue weighted by Crippen LogP contribution is -2.38. The monoisotopic (exact) mass is 479 g/mol. The van der Waals surface area contributed by atoms with E-state index < -0.39 is 0 Å². The van der Waals surface area contributed by atoms with Gasteiger partial charge in [-0.1, -0.05) is 0 Å². The highest BCUT2D eigenvalue weighted by Crippen LogP contribution is 2.15. The van der Waals surface area contributed by atoms with E-state index in [0.717, 1.165) is 81.8 Å². The highest BCUT2D eigenvalue weighted by molar-refractivity contribution is 14.0. The van der Waals surface area contributed by atoms with Crippen LogP contribution in [0.4, 0.5) is 0 Å². The largest absolute Gasteiger partial charge is 0.466 e. The zero-order valence-corrected chi connectivity index (χ0v) is 18.6. The van der Waals surface area contributed by atoms with Crippen molar-refractivity contribution < 1.29 is 13.9 Å². The van der Waals surface area contributed by atoms with Crippen LogP contribution in [0, 0.1) is 19.8 Å². The molecule has 1 aliphatic rings. The molecular weight excluding hydrogens is 445 g/mol. The van der Waals surface area contributed by atoms with Gasteiger partial charge in [-0.2, -0.15) is 0 Å². The molecule has 1 aliphatic heterocycles. The highest BCUT2D eigenvalue weighted by atomic mass is 127. The third-order valence-electron chi connectivity index (χ3n) is 4.35. The van der Waals surface area contributed by atoms with Gasteiger partial charge in [-0.05, 0) is 52.0 Å². The van der Waals surface area contributed by atoms with Gasteiger partial charge in [0.2, 0.25) is 0 Å². The first-order valence-electron chi connectivity index (χ1n) is 9.42. The van der Waals surface area contributed by atoms with Crippen LogP contribution in [0.2, 0.25) is 0 Å². The number of rotatable bonds is 9. The number of ether oxygens (including phenoxy) is 2. The highest BCUT2D eigenvalue weighted by Gasteiger charge is 2.13. The Bertz CT molecular complexity index is 528. The molecule has 0 spiro atoms. The molecule has 1 saturated heterocycles. The summed E-state index contributed by atoms with van der Waals surface area (Å²) in [5.41, 5.74) is 1.13. The number of furan rings is 1. The van der Waals surface area contributed by atoms with Gasteiger partial charge in [0.15, 0.2) is 5.96 Å². The Labute approximate surface area is 174 Å². The number of hydrogen-bond acceptors (Lipinski definition) is 4. The number of aryl methyl sites for hydroxylation is 2. The SMILES string of the molecule is CCNC(=NCc1cc(C)oc1C)NCCCOCC1CCOCC1.I. The van der Waals surface area contributed by atoms with E-state index in [1.165, 1.54) is 0 Å². The lowest BCUT2D eigenvalue weighted by atomic mass is 10.0. The van der Waals surface area contributed by atoms with Crippen molar-refractivity contribution in [1.29, 1.82) is 0 Å². The Morgan fingerprint density at radius 3 is 2.69 bits per heavy atom. The predicted octanol–water partition coefficient (Wildman–Crippen LogP) is 3.40. The second kappa shape index (κ2) is 13.4. The van der Waals surface area contributed by atoms with E-state index in [1.54, 1.807) is 0 Å². The lowest BCUT2D eigenvalue weighted by Gasteiger charge is -2.21. The zero-order chi connectivity index (χ0) is 17.9. The third kappa shape index (κ3) is 8.73. The second-order valence-electron chi connectivity index (χ2n) is 6.54. The molecule has 150 valence electrons. The Hall–Kier alpha value is -0.800. The molecule has 0 amide bonds. The lowest BCUT2D eigenvalue weighted by molar-refractivity contribution is 0.0203. The van der Waals surface area contributed by atoms with Gasteiger partial charge in [-0.15, -0.1) is 24.0 Å². The molecule has 26 heavy (non-hydrogen) atoms. The summed E-state index contributed by atoms with van der Waals surface area (Å²) in [4.78, 5) is 4.63. The number of aliphatic imine (C=N–C) groups is 1. The molecule has 0 saturated carbocycles. The minimum Gasteiger partial charge on any atom is -0.466 e. The summed E-state index contributed by atoms with van der Waals surface area (Å²) in [6.07, 6.45) is 3.22. The molecule has 7 heteroatoms. The summed E-state index contributed by atoms with van der Waals surface area (Å²) in [6.45, 7) is 11.7. The van der Waals surface area contributed by atoms with E-state index in [4.69, 9.17) is 13.9 Å². The van der Waals surface area contributed by atoms with E-state index in [2.05, 4.69) is 22.5 Å². The Morgan fingerprint density at radius 2 is 2.04 bits per heavy atom. The van der Waals surface area contributed by atoms with Gasteiger partial charge < -0.3 is 24.5 Å². The molecule has 0 unspecified atom stereocenters. The van der Waals surface area contributed by atoms with E-state index in [0.29, 0.717) is 12.5 Å². The van der Waals surface area contributed by atoms with Crippen LogP contribution in [0.1, 0.15) is 43.3 Å². The van der Waals surface area contributed by atoms with Crippen molar-refractivity contribution in [2.75, 3.05) is 39.5 Å². The first-order chi connectivity index (χ1) is 12.2. The van der Waals surface area contributed by atoms with Gasteiger partial charge in [-0.3, -0.25) is 0 Å². The summed E-state index contributed by atoms with van der Waals surface area (Å²) in [6, 6.07) is 2.05. The van der Waals surface area contributed by atoms with Crippen LogP contribution in [-0.2, 0) is 16.0 Å². The van der Waals surface area contributed by atoms with Crippen LogP contribution in [0.25, 0.3) is 0 Å². The summed E-state index contributed by atoms with van der Waals surface area (Å²) in [5, 5.41) is 6.64. The van der Waals surface area contributed by atoms with Gasteiger partial charge in [0.05, 0.1) is 6.54 Å². The standard InChI is InChI=1S/C19H33N3O3.HI/c1-4-20-19(22-13-18-12-15(2)25-16(18)3)21-8-5-9-24-14-17-6-10-23-11-7-17;/h12,17H,4-11,13-14H2,1-3H3,(H2,20,21,22);1H. The molecule has 1 aromatic heterocycles. The first-order valence-corrected chi connectivity index (χ1v) is 9.42. The van der Waals surface area contributed by atoms with Crippen molar-refractivity contribution in [2.45, 2.75) is 46.6 Å². The van der Waals surface area contributed by atoms with Crippen LogP contribution in [0.3, 0.4) is 0 Å². The Kier molecular flexibility index (Phi) is 12.0. The summed E-state index contributed by atoms with van der Waals surface area (Å²) in [5.74, 6) is 3.38. The van der Waals surface area contributed by atoms with Crippen LogP contribution in [-0.4, -0.2) is 45.5 Å². The fourth-order valence-electron chi connectivity index (χ4n) is 2.89. The van der Waals surface area contributed by atoms with E-state index in [-0.39, 0.29) is 24.0 Å². The fraction of sp³-hybridized carbons (Fsp3) is 0.737. The van der Waals surface area contributed by atoms with Gasteiger partial charge in [-0.25, -0.2) is 4.99 Å². The van der Waals surface area contributed by atoms with Gasteiger partial charge in [0.25, 0.3) is 0 Å². The normalized spacial score (nSPS) is 15.6. The number of nitrogens with zero attached hydrogens (tertiary/aromatic N) is 1. The van der Waals surface area contributed by atoms with Gasteiger partial charge >= 0.3 is 0 Å². The molecule has 0 atom stereocenters. The van der Waals surface area contributed by atoms with Crippen LogP contribution >= 0.6 is 24.0 Å². The Balaban J connectivity index is 0.00000338. The van der Waals surface area contributed by atoms with Crippen LogP contribution < -0.4 is 10.6 Å². The minimum atomic E-state index is 0. The predicted molar refractivity (Wildman–Crippen MR) is 115 cm³/mol. The van der Waals surface area contributed by atoms with E-state index in [9.17, 15) is 0 Å². The topological polar surface area (TPSA) is 68.0 Å². The first kappa shape index (κ1) is 23.2. The zero-order valence-electron chi connectivity index (χ0n) is 16.3. The molecule has 2 rings (SSSR count). The minimum absolute atomic E-state index is 0. The molecular formula is C19H34IN3O3. The third-order valence-corrected chi connectivity index (χ3v) is 4.35. The van der Waals surface area contributed by atoms with Crippen molar-refractivity contribution >= 4 is 29.9 Å². The molecule has 0 bridgehead atoms. The number of guanidine groups is 1. The van der Waals surface area contributed by atoms with E-state index >= 15 is 0 Å². The molecule has 1 fully saturated rings. The maximum atomic E-state index is 5.79. The van der Waals surface area contributed by atoms with Gasteiger partial charge in [0, 0.05) is 45.1 Å². The molecule has 0 aliphatic carbocycles. The summed E-state index contributed by atoms with van der Waals surface area (Å²) >= 11 is 0. The number of nitrogens with one attached hydrogen (secondary N) is 2. The molecule has 6 nitrogen and oxygen atoms in total. The maximum Gasteiger partial charge on any atom is 0.191 e. The molecule has 2 N–H and O–H groups in total. The van der Waals surface area contributed by atoms with Crippen molar-refractivity contribution in [3.8, 4) is 0 Å². The van der Waals surface area contributed by atoms with Crippen LogP contribution in [0.5, 0.6) is 0 Å². The van der Waals surface area contributed by atoms with Crippen molar-refractivity contribution in [1.82, 2.24) is 10.6 Å². The summed E-state index contributed by atoms with van der Waals surface area (Å²) in [7, 11) is 0. The smallest absolute Gasteiger partial charge is 0.191 e. The number of halogens is 1. The van der Waals surface area contributed by atoms with Crippen molar-refractivity contribution in [3.63, 3.8) is 0 Å². The van der Waals surface area contributed by atoms with Crippen molar-refractivity contribution in [3.05, 3.63) is 23.2 Å².